The molecular weight excluding hydrogens is 380 g/mol. The number of benzene rings is 1. The van der Waals surface area contributed by atoms with Crippen LogP contribution in [-0.2, 0) is 4.79 Å². The lowest BCUT2D eigenvalue weighted by Gasteiger charge is -2.23. The molecule has 0 N–H and O–H groups in total. The number of carbonyl (C=O) groups excluding carboxylic acids is 1. The molecule has 1 aromatic carbocycles. The largest absolute Gasteiger partial charge is 0.334 e. The van der Waals surface area contributed by atoms with E-state index in [0.717, 1.165) is 35.0 Å². The number of aromatic nitrogens is 1. The van der Waals surface area contributed by atoms with Crippen LogP contribution in [0.1, 0.15) is 29.3 Å². The van der Waals surface area contributed by atoms with E-state index in [1.54, 1.807) is 34.4 Å². The first-order valence-electron chi connectivity index (χ1n) is 8.69. The van der Waals surface area contributed by atoms with Gasteiger partial charge in [0, 0.05) is 22.4 Å². The first kappa shape index (κ1) is 17.8. The second kappa shape index (κ2) is 7.94. The Morgan fingerprint density at radius 1 is 1.27 bits per heavy atom. The number of thiazole rings is 1. The number of nitrogens with zero attached hydrogens (tertiary/aromatic N) is 2. The molecule has 3 aromatic rings. The van der Waals surface area contributed by atoms with Crippen LogP contribution in [0.15, 0.2) is 51.5 Å². The van der Waals surface area contributed by atoms with Gasteiger partial charge in [-0.25, -0.2) is 4.98 Å². The molecule has 1 amide bonds. The van der Waals surface area contributed by atoms with E-state index in [2.05, 4.69) is 54.1 Å². The highest BCUT2D eigenvalue weighted by atomic mass is 32.2. The van der Waals surface area contributed by atoms with Crippen LogP contribution in [0.2, 0.25) is 0 Å². The fraction of sp³-hybridized carbons (Fsp3) is 0.300. The van der Waals surface area contributed by atoms with Gasteiger partial charge in [-0.1, -0.05) is 47.7 Å². The van der Waals surface area contributed by atoms with Gasteiger partial charge in [-0.05, 0) is 31.2 Å². The molecule has 4 rings (SSSR count). The van der Waals surface area contributed by atoms with E-state index in [1.807, 2.05) is 4.90 Å². The lowest BCUT2D eigenvalue weighted by atomic mass is 10.1. The molecule has 6 heteroatoms. The second-order valence-electron chi connectivity index (χ2n) is 6.41. The number of hydrogen-bond acceptors (Lipinski definition) is 5. The third-order valence-corrected chi connectivity index (χ3v) is 7.57. The molecule has 3 nitrogen and oxygen atoms in total. The Kier molecular flexibility index (Phi) is 5.43. The summed E-state index contributed by atoms with van der Waals surface area (Å²) in [5.41, 5.74) is 3.36. The van der Waals surface area contributed by atoms with E-state index in [-0.39, 0.29) is 11.9 Å². The van der Waals surface area contributed by atoms with Gasteiger partial charge in [0.2, 0.25) is 5.91 Å². The zero-order chi connectivity index (χ0) is 17.9. The molecule has 0 saturated carbocycles. The van der Waals surface area contributed by atoms with Crippen molar-refractivity contribution in [2.45, 2.75) is 30.1 Å². The smallest absolute Gasteiger partial charge is 0.233 e. The first-order chi connectivity index (χ1) is 12.7. The van der Waals surface area contributed by atoms with Gasteiger partial charge in [0.15, 0.2) is 4.34 Å². The number of rotatable bonds is 5. The molecule has 134 valence electrons. The van der Waals surface area contributed by atoms with E-state index in [0.29, 0.717) is 5.75 Å². The van der Waals surface area contributed by atoms with Gasteiger partial charge in [-0.2, -0.15) is 0 Å². The summed E-state index contributed by atoms with van der Waals surface area (Å²) in [5, 5.41) is 4.16. The van der Waals surface area contributed by atoms with Gasteiger partial charge in [-0.3, -0.25) is 4.79 Å². The van der Waals surface area contributed by atoms with Gasteiger partial charge in [0.25, 0.3) is 0 Å². The molecule has 0 bridgehead atoms. The van der Waals surface area contributed by atoms with Crippen LogP contribution in [0.5, 0.6) is 0 Å². The van der Waals surface area contributed by atoms with Crippen LogP contribution >= 0.6 is 34.4 Å². The van der Waals surface area contributed by atoms with Gasteiger partial charge < -0.3 is 4.90 Å². The van der Waals surface area contributed by atoms with Crippen LogP contribution < -0.4 is 0 Å². The van der Waals surface area contributed by atoms with Gasteiger partial charge >= 0.3 is 0 Å². The van der Waals surface area contributed by atoms with Crippen molar-refractivity contribution in [3.8, 4) is 11.3 Å². The Labute approximate surface area is 166 Å². The molecule has 1 aliphatic rings. The first-order valence-corrected chi connectivity index (χ1v) is 11.4. The lowest BCUT2D eigenvalue weighted by Crippen LogP contribution is -2.31. The zero-order valence-electron chi connectivity index (χ0n) is 14.6. The number of likely N-dealkylation sites (tertiary alicyclic amines) is 1. The molecule has 1 aliphatic heterocycles. The predicted molar refractivity (Wildman–Crippen MR) is 111 cm³/mol. The lowest BCUT2D eigenvalue weighted by molar-refractivity contribution is -0.129. The summed E-state index contributed by atoms with van der Waals surface area (Å²) in [4.78, 5) is 20.8. The Hall–Kier alpha value is -1.63. The average molecular weight is 401 g/mol. The normalized spacial score (nSPS) is 17.0. The van der Waals surface area contributed by atoms with E-state index in [9.17, 15) is 4.79 Å². The van der Waals surface area contributed by atoms with E-state index in [1.165, 1.54) is 10.4 Å². The average Bonchev–Trinajstić information content (AvgIpc) is 3.40. The fourth-order valence-corrected chi connectivity index (χ4v) is 5.82. The molecule has 0 spiro atoms. The molecular formula is C20H20N2OS3. The Balaban J connectivity index is 1.38. The number of amides is 1. The third-order valence-electron chi connectivity index (χ3n) is 4.59. The Bertz CT molecular complexity index is 871. The highest BCUT2D eigenvalue weighted by Crippen LogP contribution is 2.35. The maximum absolute atomic E-state index is 12.7. The Morgan fingerprint density at radius 3 is 2.88 bits per heavy atom. The second-order valence-corrected chi connectivity index (χ2v) is 9.47. The van der Waals surface area contributed by atoms with Crippen molar-refractivity contribution >= 4 is 40.3 Å². The molecule has 1 unspecified atom stereocenters. The van der Waals surface area contributed by atoms with Crippen LogP contribution in [0, 0.1) is 6.92 Å². The molecule has 3 heterocycles. The van der Waals surface area contributed by atoms with Crippen molar-refractivity contribution in [2.75, 3.05) is 12.3 Å². The predicted octanol–water partition coefficient (Wildman–Crippen LogP) is 5.64. The summed E-state index contributed by atoms with van der Waals surface area (Å²) >= 11 is 4.91. The molecule has 1 saturated heterocycles. The summed E-state index contributed by atoms with van der Waals surface area (Å²) in [5.74, 6) is 0.681. The number of thioether (sulfide) groups is 1. The quantitative estimate of drug-likeness (QED) is 0.520. The molecule has 1 atom stereocenters. The van der Waals surface area contributed by atoms with E-state index < -0.39 is 0 Å². The molecule has 26 heavy (non-hydrogen) atoms. The number of thiophene rings is 1. The van der Waals surface area contributed by atoms with Crippen molar-refractivity contribution in [3.05, 3.63) is 57.6 Å². The summed E-state index contributed by atoms with van der Waals surface area (Å²) < 4.78 is 0.959. The molecule has 0 radical (unpaired) electrons. The van der Waals surface area contributed by atoms with Crippen molar-refractivity contribution in [1.29, 1.82) is 0 Å². The van der Waals surface area contributed by atoms with Crippen LogP contribution in [-0.4, -0.2) is 28.1 Å². The highest BCUT2D eigenvalue weighted by Gasteiger charge is 2.30. The van der Waals surface area contributed by atoms with Crippen LogP contribution in [0.25, 0.3) is 11.3 Å². The number of hydrogen-bond donors (Lipinski definition) is 0. The maximum Gasteiger partial charge on any atom is 0.233 e. The van der Waals surface area contributed by atoms with Crippen molar-refractivity contribution < 1.29 is 4.79 Å². The summed E-state index contributed by atoms with van der Waals surface area (Å²) in [6, 6.07) is 12.9. The van der Waals surface area contributed by atoms with Crippen LogP contribution in [0.3, 0.4) is 0 Å². The summed E-state index contributed by atoms with van der Waals surface area (Å²) in [7, 11) is 0. The van der Waals surface area contributed by atoms with E-state index >= 15 is 0 Å². The third kappa shape index (κ3) is 3.87. The summed E-state index contributed by atoms with van der Waals surface area (Å²) in [6.45, 7) is 2.95. The van der Waals surface area contributed by atoms with Gasteiger partial charge in [0.1, 0.15) is 0 Å². The van der Waals surface area contributed by atoms with Crippen molar-refractivity contribution in [3.63, 3.8) is 0 Å². The number of carbonyl (C=O) groups is 1. The zero-order valence-corrected chi connectivity index (χ0v) is 17.0. The topological polar surface area (TPSA) is 33.2 Å². The van der Waals surface area contributed by atoms with Gasteiger partial charge in [-0.15, -0.1) is 22.7 Å². The molecule has 0 aliphatic carbocycles. The van der Waals surface area contributed by atoms with Crippen molar-refractivity contribution in [2.24, 2.45) is 0 Å². The molecule has 2 aromatic heterocycles. The van der Waals surface area contributed by atoms with Crippen molar-refractivity contribution in [1.82, 2.24) is 9.88 Å². The Morgan fingerprint density at radius 2 is 2.12 bits per heavy atom. The van der Waals surface area contributed by atoms with E-state index in [4.69, 9.17) is 4.98 Å². The monoisotopic (exact) mass is 400 g/mol. The van der Waals surface area contributed by atoms with Crippen LogP contribution in [0.4, 0.5) is 0 Å². The SMILES string of the molecule is Cc1ccc(-c2csc(SCC(=O)N3CCCC3c3cccs3)n2)cc1. The minimum absolute atomic E-state index is 0.220. The standard InChI is InChI=1S/C20H20N2OS3/c1-14-6-8-15(9-7-14)16-12-25-20(21-16)26-13-19(23)22-10-2-4-17(22)18-5-3-11-24-18/h3,5-9,11-12,17H,2,4,10,13H2,1H3. The summed E-state index contributed by atoms with van der Waals surface area (Å²) in [6.07, 6.45) is 2.17. The minimum Gasteiger partial charge on any atom is -0.334 e. The number of aryl methyl sites for hydroxylation is 1. The minimum atomic E-state index is 0.220. The highest BCUT2D eigenvalue weighted by molar-refractivity contribution is 8.01. The maximum atomic E-state index is 12.7. The molecule has 1 fully saturated rings. The fourth-order valence-electron chi connectivity index (χ4n) is 3.23. The van der Waals surface area contributed by atoms with Gasteiger partial charge in [0.05, 0.1) is 17.5 Å².